The van der Waals surface area contributed by atoms with Crippen LogP contribution in [0.25, 0.3) is 0 Å². The van der Waals surface area contributed by atoms with Crippen molar-refractivity contribution in [3.63, 3.8) is 0 Å². The molecule has 8 nitrogen and oxygen atoms in total. The number of amides is 2. The van der Waals surface area contributed by atoms with Gasteiger partial charge in [0.2, 0.25) is 5.91 Å². The molecule has 226 valence electrons. The third-order valence-corrected chi connectivity index (χ3v) is 8.09. The van der Waals surface area contributed by atoms with E-state index >= 15 is 0 Å². The second kappa shape index (κ2) is 13.9. The molecule has 2 saturated heterocycles. The lowest BCUT2D eigenvalue weighted by atomic mass is 10.1. The Morgan fingerprint density at radius 2 is 1.49 bits per heavy atom. The van der Waals surface area contributed by atoms with Crippen LogP contribution in [-0.4, -0.2) is 78.6 Å². The maximum atomic E-state index is 13.7. The minimum absolute atomic E-state index is 0.0970. The molecular formula is C32H35F2N5O3S. The fourth-order valence-corrected chi connectivity index (χ4v) is 5.86. The lowest BCUT2D eigenvalue weighted by Gasteiger charge is -2.36. The maximum Gasteiger partial charge on any atom is 0.256 e. The first-order valence-corrected chi connectivity index (χ1v) is 14.9. The summed E-state index contributed by atoms with van der Waals surface area (Å²) in [5, 5.41) is 3.12. The Labute approximate surface area is 255 Å². The number of halogens is 2. The Hall–Kier alpha value is -4.09. The molecule has 0 bridgehead atoms. The van der Waals surface area contributed by atoms with Gasteiger partial charge in [0, 0.05) is 44.1 Å². The van der Waals surface area contributed by atoms with Crippen LogP contribution in [-0.2, 0) is 9.59 Å². The van der Waals surface area contributed by atoms with E-state index in [1.54, 1.807) is 36.4 Å². The number of nitrogens with one attached hydrogen (secondary N) is 1. The van der Waals surface area contributed by atoms with Crippen LogP contribution in [0.5, 0.6) is 5.75 Å². The molecule has 11 heteroatoms. The molecule has 0 unspecified atom stereocenters. The fraction of sp³-hybridized carbons (Fsp3) is 0.344. The van der Waals surface area contributed by atoms with Crippen molar-refractivity contribution in [1.82, 2.24) is 9.80 Å². The van der Waals surface area contributed by atoms with Crippen molar-refractivity contribution < 1.29 is 23.1 Å². The SMILES string of the molecule is CCOc1ccc(N2C(=O)[C@@H](CC(=O)Nc3ccc(F)cc3)N(CCCN3CCN(c4ccc(F)cc4)CC3)C2=S)cc1. The molecule has 2 heterocycles. The summed E-state index contributed by atoms with van der Waals surface area (Å²) in [6.45, 7) is 7.14. The zero-order valence-corrected chi connectivity index (χ0v) is 24.9. The minimum Gasteiger partial charge on any atom is -0.494 e. The maximum absolute atomic E-state index is 13.7. The predicted molar refractivity (Wildman–Crippen MR) is 168 cm³/mol. The van der Waals surface area contributed by atoms with Crippen LogP contribution >= 0.6 is 12.2 Å². The zero-order chi connectivity index (χ0) is 30.3. The monoisotopic (exact) mass is 607 g/mol. The fourth-order valence-electron chi connectivity index (χ4n) is 5.45. The van der Waals surface area contributed by atoms with Gasteiger partial charge >= 0.3 is 0 Å². The van der Waals surface area contributed by atoms with Crippen LogP contribution in [0.1, 0.15) is 19.8 Å². The lowest BCUT2D eigenvalue weighted by molar-refractivity contribution is -0.124. The van der Waals surface area contributed by atoms with Gasteiger partial charge in [-0.3, -0.25) is 19.4 Å². The molecule has 2 aliphatic heterocycles. The Balaban J connectivity index is 1.23. The summed E-state index contributed by atoms with van der Waals surface area (Å²) in [5.41, 5.74) is 2.08. The number of anilines is 3. The summed E-state index contributed by atoms with van der Waals surface area (Å²) in [6.07, 6.45) is 0.650. The number of benzene rings is 3. The van der Waals surface area contributed by atoms with E-state index in [9.17, 15) is 18.4 Å². The van der Waals surface area contributed by atoms with Gasteiger partial charge in [-0.15, -0.1) is 0 Å². The smallest absolute Gasteiger partial charge is 0.256 e. The van der Waals surface area contributed by atoms with Crippen LogP contribution in [0, 0.1) is 11.6 Å². The highest BCUT2D eigenvalue weighted by Crippen LogP contribution is 2.29. The predicted octanol–water partition coefficient (Wildman–Crippen LogP) is 4.91. The minimum atomic E-state index is -0.769. The van der Waals surface area contributed by atoms with Gasteiger partial charge in [0.05, 0.1) is 18.7 Å². The van der Waals surface area contributed by atoms with Crippen LogP contribution in [0.2, 0.25) is 0 Å². The molecule has 1 N–H and O–H groups in total. The van der Waals surface area contributed by atoms with Gasteiger partial charge in [0.15, 0.2) is 5.11 Å². The summed E-state index contributed by atoms with van der Waals surface area (Å²) in [5.74, 6) is -0.577. The number of carbonyl (C=O) groups is 2. The van der Waals surface area contributed by atoms with Gasteiger partial charge in [0.1, 0.15) is 23.4 Å². The first-order chi connectivity index (χ1) is 20.8. The number of nitrogens with zero attached hydrogens (tertiary/aromatic N) is 4. The van der Waals surface area contributed by atoms with E-state index in [0.29, 0.717) is 35.4 Å². The molecule has 5 rings (SSSR count). The average molecular weight is 608 g/mol. The highest BCUT2D eigenvalue weighted by molar-refractivity contribution is 7.80. The molecule has 43 heavy (non-hydrogen) atoms. The van der Waals surface area contributed by atoms with Gasteiger partial charge in [-0.1, -0.05) is 0 Å². The largest absolute Gasteiger partial charge is 0.494 e. The van der Waals surface area contributed by atoms with Crippen molar-refractivity contribution in [1.29, 1.82) is 0 Å². The molecule has 0 aromatic heterocycles. The van der Waals surface area contributed by atoms with Gasteiger partial charge in [-0.25, -0.2) is 8.78 Å². The number of piperazine rings is 1. The molecule has 3 aromatic carbocycles. The molecule has 0 aliphatic carbocycles. The van der Waals surface area contributed by atoms with E-state index < -0.39 is 11.9 Å². The number of thiocarbonyl (C=S) groups is 1. The van der Waals surface area contributed by atoms with Gasteiger partial charge in [-0.2, -0.15) is 0 Å². The number of rotatable bonds is 11. The number of ether oxygens (including phenoxy) is 1. The molecule has 2 aliphatic rings. The Morgan fingerprint density at radius 1 is 0.884 bits per heavy atom. The third-order valence-electron chi connectivity index (χ3n) is 7.67. The van der Waals surface area contributed by atoms with Crippen molar-refractivity contribution in [2.75, 3.05) is 61.0 Å². The lowest BCUT2D eigenvalue weighted by Crippen LogP contribution is -2.47. The van der Waals surface area contributed by atoms with Crippen LogP contribution in [0.3, 0.4) is 0 Å². The highest BCUT2D eigenvalue weighted by atomic mass is 32.1. The first-order valence-electron chi connectivity index (χ1n) is 14.5. The quantitative estimate of drug-likeness (QED) is 0.311. The Morgan fingerprint density at radius 3 is 2.12 bits per heavy atom. The number of hydrogen-bond donors (Lipinski definition) is 1. The molecule has 0 spiro atoms. The van der Waals surface area contributed by atoms with Crippen molar-refractivity contribution in [2.24, 2.45) is 0 Å². The first kappa shape index (κ1) is 30.4. The van der Waals surface area contributed by atoms with Crippen LogP contribution < -0.4 is 19.9 Å². The van der Waals surface area contributed by atoms with E-state index in [1.165, 1.54) is 41.3 Å². The summed E-state index contributed by atoms with van der Waals surface area (Å²) in [4.78, 5) is 34.7. The van der Waals surface area contributed by atoms with Crippen LogP contribution in [0.4, 0.5) is 25.8 Å². The van der Waals surface area contributed by atoms with Crippen molar-refractivity contribution in [3.05, 3.63) is 84.4 Å². The van der Waals surface area contributed by atoms with E-state index in [0.717, 1.165) is 44.8 Å². The van der Waals surface area contributed by atoms with Crippen molar-refractivity contribution >= 4 is 46.2 Å². The second-order valence-corrected chi connectivity index (χ2v) is 10.9. The summed E-state index contributed by atoms with van der Waals surface area (Å²) in [7, 11) is 0. The molecule has 1 atom stereocenters. The standard InChI is InChI=1S/C32H35F2N5O3S/c1-2-42-28-14-12-27(13-15-28)39-31(41)29(22-30(40)35-25-8-4-23(33)5-9-25)38(32(39)43)17-3-16-36-18-20-37(21-19-36)26-10-6-24(34)7-11-26/h4-15,29H,2-3,16-22H2,1H3,(H,35,40)/t29-/m1/s1. The second-order valence-electron chi connectivity index (χ2n) is 10.5. The molecule has 2 fully saturated rings. The molecule has 0 saturated carbocycles. The van der Waals surface area contributed by atoms with Gasteiger partial charge in [-0.05, 0) is 105 Å². The van der Waals surface area contributed by atoms with E-state index in [2.05, 4.69) is 15.1 Å². The molecule has 2 amide bonds. The highest BCUT2D eigenvalue weighted by Gasteiger charge is 2.44. The van der Waals surface area contributed by atoms with E-state index in [4.69, 9.17) is 17.0 Å². The zero-order valence-electron chi connectivity index (χ0n) is 24.0. The number of carbonyl (C=O) groups excluding carboxylic acids is 2. The summed E-state index contributed by atoms with van der Waals surface area (Å²) >= 11 is 5.81. The van der Waals surface area contributed by atoms with Crippen molar-refractivity contribution in [2.45, 2.75) is 25.8 Å². The summed E-state index contributed by atoms with van der Waals surface area (Å²) in [6, 6.07) is 18.5. The van der Waals surface area contributed by atoms with Crippen molar-refractivity contribution in [3.8, 4) is 5.75 Å². The topological polar surface area (TPSA) is 68.4 Å². The molecular weight excluding hydrogens is 572 g/mol. The van der Waals surface area contributed by atoms with Crippen LogP contribution in [0.15, 0.2) is 72.8 Å². The van der Waals surface area contributed by atoms with Gasteiger partial charge in [0.25, 0.3) is 5.91 Å². The Bertz CT molecular complexity index is 1410. The van der Waals surface area contributed by atoms with E-state index in [-0.39, 0.29) is 24.1 Å². The van der Waals surface area contributed by atoms with E-state index in [1.807, 2.05) is 11.8 Å². The number of hydrogen-bond acceptors (Lipinski definition) is 6. The Kier molecular flexibility index (Phi) is 9.83. The molecule has 0 radical (unpaired) electrons. The van der Waals surface area contributed by atoms with Gasteiger partial charge < -0.3 is 19.9 Å². The summed E-state index contributed by atoms with van der Waals surface area (Å²) < 4.78 is 32.2. The third kappa shape index (κ3) is 7.47. The normalized spacial score (nSPS) is 17.5. The molecule has 3 aromatic rings. The average Bonchev–Trinajstić information content (AvgIpc) is 3.23.